The molecule has 0 heterocycles. The van der Waals surface area contributed by atoms with Gasteiger partial charge in [-0.25, -0.2) is 0 Å². The van der Waals surface area contributed by atoms with Crippen LogP contribution in [0.5, 0.6) is 0 Å². The van der Waals surface area contributed by atoms with Gasteiger partial charge in [0.05, 0.1) is 32.7 Å². The number of nitrogens with one attached hydrogen (secondary N) is 2. The van der Waals surface area contributed by atoms with Crippen LogP contribution in [0.2, 0.25) is 5.02 Å². The summed E-state index contributed by atoms with van der Waals surface area (Å²) < 4.78 is 0. The van der Waals surface area contributed by atoms with E-state index in [1.54, 1.807) is 48.5 Å². The maximum Gasteiger partial charge on any atom is 0.301 e. The molecule has 0 atom stereocenters. The van der Waals surface area contributed by atoms with Crippen molar-refractivity contribution in [2.24, 2.45) is 5.10 Å². The summed E-state index contributed by atoms with van der Waals surface area (Å²) in [4.78, 5) is 32.9. The van der Waals surface area contributed by atoms with Crippen LogP contribution in [0.25, 0.3) is 0 Å². The third kappa shape index (κ3) is 5.40. The quantitative estimate of drug-likeness (QED) is 0.306. The SMILES string of the molecule is O=C(Nc1cccc(/C=N/Nc2ccc([N+](=O)[O-])cc2[N+](=O)[O-])c1)c1ccccc1Cl. The summed E-state index contributed by atoms with van der Waals surface area (Å²) in [6.07, 6.45) is 1.39. The van der Waals surface area contributed by atoms with E-state index >= 15 is 0 Å². The number of anilines is 2. The lowest BCUT2D eigenvalue weighted by Gasteiger charge is -2.07. The van der Waals surface area contributed by atoms with E-state index in [1.165, 1.54) is 12.3 Å². The zero-order valence-electron chi connectivity index (χ0n) is 15.7. The highest BCUT2D eigenvalue weighted by Crippen LogP contribution is 2.28. The standard InChI is InChI=1S/C20H14ClN5O5/c21-17-7-2-1-6-16(17)20(27)23-14-5-3-4-13(10-14)12-22-24-18-9-8-15(25(28)29)11-19(18)26(30)31/h1-12,24H,(H,23,27)/b22-12+. The number of hydrazone groups is 1. The van der Waals surface area contributed by atoms with Gasteiger partial charge in [0.25, 0.3) is 11.6 Å². The van der Waals surface area contributed by atoms with Crippen LogP contribution in [-0.4, -0.2) is 22.0 Å². The first-order valence-corrected chi connectivity index (χ1v) is 9.11. The smallest absolute Gasteiger partial charge is 0.301 e. The zero-order chi connectivity index (χ0) is 22.4. The Bertz CT molecular complexity index is 1200. The number of nitro benzene ring substituents is 2. The Kier molecular flexibility index (Phi) is 6.53. The summed E-state index contributed by atoms with van der Waals surface area (Å²) in [7, 11) is 0. The van der Waals surface area contributed by atoms with Crippen LogP contribution in [0.3, 0.4) is 0 Å². The summed E-state index contributed by atoms with van der Waals surface area (Å²) in [5, 5.41) is 29.0. The van der Waals surface area contributed by atoms with E-state index in [0.717, 1.165) is 12.1 Å². The third-order valence-corrected chi connectivity index (χ3v) is 4.38. The van der Waals surface area contributed by atoms with Gasteiger partial charge in [0.15, 0.2) is 0 Å². The molecule has 1 amide bonds. The Hall–Kier alpha value is -4.31. The molecule has 3 aromatic carbocycles. The number of nitro groups is 2. The lowest BCUT2D eigenvalue weighted by molar-refractivity contribution is -0.393. The van der Waals surface area contributed by atoms with Gasteiger partial charge in [-0.2, -0.15) is 5.10 Å². The molecule has 3 rings (SSSR count). The molecule has 11 heteroatoms. The summed E-state index contributed by atoms with van der Waals surface area (Å²) in [6.45, 7) is 0. The minimum Gasteiger partial charge on any atom is -0.322 e. The zero-order valence-corrected chi connectivity index (χ0v) is 16.4. The average Bonchev–Trinajstić information content (AvgIpc) is 2.74. The number of carbonyl (C=O) groups is 1. The third-order valence-electron chi connectivity index (χ3n) is 4.05. The summed E-state index contributed by atoms with van der Waals surface area (Å²) in [6, 6.07) is 16.5. The van der Waals surface area contributed by atoms with E-state index in [4.69, 9.17) is 11.6 Å². The fourth-order valence-electron chi connectivity index (χ4n) is 2.60. The minimum absolute atomic E-state index is 0.00460. The molecule has 0 aliphatic carbocycles. The Morgan fingerprint density at radius 3 is 2.45 bits per heavy atom. The number of halogens is 1. The van der Waals surface area contributed by atoms with Crippen molar-refractivity contribution in [3.05, 3.63) is 103 Å². The lowest BCUT2D eigenvalue weighted by Crippen LogP contribution is -2.12. The van der Waals surface area contributed by atoms with Gasteiger partial charge >= 0.3 is 5.69 Å². The van der Waals surface area contributed by atoms with Crippen molar-refractivity contribution >= 4 is 46.5 Å². The number of benzene rings is 3. The number of carbonyl (C=O) groups excluding carboxylic acids is 1. The van der Waals surface area contributed by atoms with E-state index in [-0.39, 0.29) is 11.6 Å². The molecule has 0 saturated heterocycles. The predicted octanol–water partition coefficient (Wildman–Crippen LogP) is 4.85. The molecule has 0 unspecified atom stereocenters. The second-order valence-electron chi connectivity index (χ2n) is 6.15. The second-order valence-corrected chi connectivity index (χ2v) is 6.55. The van der Waals surface area contributed by atoms with Crippen molar-refractivity contribution in [2.45, 2.75) is 0 Å². The van der Waals surface area contributed by atoms with E-state index in [0.29, 0.717) is 21.8 Å². The van der Waals surface area contributed by atoms with Gasteiger partial charge in [0, 0.05) is 11.8 Å². The van der Waals surface area contributed by atoms with E-state index in [9.17, 15) is 25.0 Å². The molecule has 0 aromatic heterocycles. The number of hydrogen-bond acceptors (Lipinski definition) is 7. The van der Waals surface area contributed by atoms with Gasteiger partial charge in [-0.15, -0.1) is 0 Å². The number of hydrogen-bond donors (Lipinski definition) is 2. The monoisotopic (exact) mass is 439 g/mol. The summed E-state index contributed by atoms with van der Waals surface area (Å²) >= 11 is 6.03. The molecule has 156 valence electrons. The average molecular weight is 440 g/mol. The topological polar surface area (TPSA) is 140 Å². The van der Waals surface area contributed by atoms with Crippen molar-refractivity contribution < 1.29 is 14.6 Å². The predicted molar refractivity (Wildman–Crippen MR) is 117 cm³/mol. The van der Waals surface area contributed by atoms with Gasteiger partial charge < -0.3 is 5.32 Å². The molecule has 0 spiro atoms. The summed E-state index contributed by atoms with van der Waals surface area (Å²) in [5.74, 6) is -0.376. The molecule has 31 heavy (non-hydrogen) atoms. The van der Waals surface area contributed by atoms with Gasteiger partial charge in [-0.1, -0.05) is 35.9 Å². The molecule has 0 aliphatic rings. The van der Waals surface area contributed by atoms with Crippen LogP contribution in [0.4, 0.5) is 22.7 Å². The normalized spacial score (nSPS) is 10.6. The van der Waals surface area contributed by atoms with E-state index < -0.39 is 21.2 Å². The van der Waals surface area contributed by atoms with E-state index in [1.807, 2.05) is 0 Å². The van der Waals surface area contributed by atoms with Crippen LogP contribution in [-0.2, 0) is 0 Å². The largest absolute Gasteiger partial charge is 0.322 e. The first kappa shape index (κ1) is 21.4. The molecule has 0 radical (unpaired) electrons. The molecular weight excluding hydrogens is 426 g/mol. The first-order chi connectivity index (χ1) is 14.8. The van der Waals surface area contributed by atoms with Gasteiger partial charge in [0.2, 0.25) is 0 Å². The number of non-ortho nitro benzene ring substituents is 1. The van der Waals surface area contributed by atoms with Gasteiger partial charge in [-0.3, -0.25) is 30.4 Å². The highest BCUT2D eigenvalue weighted by Gasteiger charge is 2.19. The Balaban J connectivity index is 1.73. The van der Waals surface area contributed by atoms with Crippen LogP contribution in [0, 0.1) is 20.2 Å². The van der Waals surface area contributed by atoms with Crippen molar-refractivity contribution in [1.29, 1.82) is 0 Å². The molecule has 2 N–H and O–H groups in total. The van der Waals surface area contributed by atoms with Crippen LogP contribution >= 0.6 is 11.6 Å². The van der Waals surface area contributed by atoms with Gasteiger partial charge in [0.1, 0.15) is 5.69 Å². The minimum atomic E-state index is -0.740. The van der Waals surface area contributed by atoms with Crippen LogP contribution in [0.1, 0.15) is 15.9 Å². The van der Waals surface area contributed by atoms with Crippen LogP contribution in [0.15, 0.2) is 71.8 Å². The van der Waals surface area contributed by atoms with Crippen molar-refractivity contribution in [3.8, 4) is 0 Å². The number of rotatable bonds is 7. The molecule has 0 aliphatic heterocycles. The fourth-order valence-corrected chi connectivity index (χ4v) is 2.82. The van der Waals surface area contributed by atoms with Crippen molar-refractivity contribution in [3.63, 3.8) is 0 Å². The van der Waals surface area contributed by atoms with E-state index in [2.05, 4.69) is 15.8 Å². The van der Waals surface area contributed by atoms with Crippen LogP contribution < -0.4 is 10.7 Å². The molecule has 0 fully saturated rings. The molecule has 0 saturated carbocycles. The molecule has 0 bridgehead atoms. The number of nitrogens with zero attached hydrogens (tertiary/aromatic N) is 3. The fraction of sp³-hybridized carbons (Fsp3) is 0. The molecule has 3 aromatic rings. The molecular formula is C20H14ClN5O5. The highest BCUT2D eigenvalue weighted by atomic mass is 35.5. The Labute approximate surface area is 180 Å². The highest BCUT2D eigenvalue weighted by molar-refractivity contribution is 6.34. The Morgan fingerprint density at radius 2 is 1.74 bits per heavy atom. The Morgan fingerprint density at radius 1 is 0.968 bits per heavy atom. The van der Waals surface area contributed by atoms with Gasteiger partial charge in [-0.05, 0) is 35.9 Å². The lowest BCUT2D eigenvalue weighted by atomic mass is 10.2. The second kappa shape index (κ2) is 9.46. The van der Waals surface area contributed by atoms with Crippen molar-refractivity contribution in [1.82, 2.24) is 0 Å². The maximum absolute atomic E-state index is 12.4. The first-order valence-electron chi connectivity index (χ1n) is 8.73. The summed E-state index contributed by atoms with van der Waals surface area (Å²) in [5.41, 5.74) is 3.04. The maximum atomic E-state index is 12.4. The number of amides is 1. The van der Waals surface area contributed by atoms with Crippen molar-refractivity contribution in [2.75, 3.05) is 10.7 Å². The molecule has 10 nitrogen and oxygen atoms in total.